The first-order valence-corrected chi connectivity index (χ1v) is 11.8. The molecule has 36 heavy (non-hydrogen) atoms. The summed E-state index contributed by atoms with van der Waals surface area (Å²) >= 11 is 0. The van der Waals surface area contributed by atoms with E-state index in [4.69, 9.17) is 9.47 Å². The van der Waals surface area contributed by atoms with Crippen LogP contribution in [0.4, 0.5) is 0 Å². The lowest BCUT2D eigenvalue weighted by Crippen LogP contribution is -2.24. The Bertz CT molecular complexity index is 1300. The van der Waals surface area contributed by atoms with Crippen LogP contribution in [0.3, 0.4) is 0 Å². The number of amides is 2. The van der Waals surface area contributed by atoms with Gasteiger partial charge in [0.1, 0.15) is 24.7 Å². The first-order chi connectivity index (χ1) is 17.7. The summed E-state index contributed by atoms with van der Waals surface area (Å²) in [5, 5.41) is 5.95. The van der Waals surface area contributed by atoms with Gasteiger partial charge in [0.2, 0.25) is 0 Å². The second-order valence-electron chi connectivity index (χ2n) is 8.57. The standard InChI is InChI=1S/C30H26N2O4/c33-29-25-11-1-3-13-27(25)35-19-23-9-6-10-24(16-23)20-36-28-14-4-2-12-26(28)30(34)32-18-22-8-5-7-21(15-22)17-31-29/h1-16H,17-20H2,(H,31,33)(H,32,34). The molecular weight excluding hydrogens is 452 g/mol. The molecule has 0 atom stereocenters. The molecule has 0 aliphatic carbocycles. The Morgan fingerprint density at radius 2 is 0.917 bits per heavy atom. The third-order valence-electron chi connectivity index (χ3n) is 5.94. The van der Waals surface area contributed by atoms with Crippen LogP contribution in [0.2, 0.25) is 0 Å². The van der Waals surface area contributed by atoms with Crippen LogP contribution < -0.4 is 20.1 Å². The Kier molecular flexibility index (Phi) is 6.94. The number of hydrogen-bond donors (Lipinski definition) is 2. The molecule has 5 rings (SSSR count). The lowest BCUT2D eigenvalue weighted by molar-refractivity contribution is 0.0938. The largest absolute Gasteiger partial charge is 0.488 e. The third kappa shape index (κ3) is 5.55. The molecule has 0 aromatic heterocycles. The number of nitrogens with one attached hydrogen (secondary N) is 2. The van der Waals surface area contributed by atoms with Gasteiger partial charge in [0, 0.05) is 13.1 Å². The van der Waals surface area contributed by atoms with Gasteiger partial charge in [0.25, 0.3) is 11.8 Å². The Morgan fingerprint density at radius 3 is 1.42 bits per heavy atom. The quantitative estimate of drug-likeness (QED) is 0.372. The van der Waals surface area contributed by atoms with Crippen LogP contribution in [0, 0.1) is 0 Å². The van der Waals surface area contributed by atoms with Gasteiger partial charge in [-0.05, 0) is 52.6 Å². The fourth-order valence-corrected chi connectivity index (χ4v) is 4.10. The highest BCUT2D eigenvalue weighted by Crippen LogP contribution is 2.22. The van der Waals surface area contributed by atoms with E-state index in [0.717, 1.165) is 22.3 Å². The molecule has 2 amide bonds. The average Bonchev–Trinajstić information content (AvgIpc) is 2.93. The number of fused-ring (bicyclic) bond motifs is 6. The monoisotopic (exact) mass is 478 g/mol. The SMILES string of the molecule is O=C1NCc2cccc(c2)CNC(=O)c2ccccc2OCc2cccc(c2)COc2ccccc21. The minimum Gasteiger partial charge on any atom is -0.488 e. The van der Waals surface area contributed by atoms with Gasteiger partial charge in [-0.15, -0.1) is 0 Å². The number of carbonyl (C=O) groups is 2. The Labute approximate surface area is 209 Å². The maximum Gasteiger partial charge on any atom is 0.255 e. The normalized spacial score (nSPS) is 14.1. The van der Waals surface area contributed by atoms with Gasteiger partial charge in [-0.25, -0.2) is 0 Å². The van der Waals surface area contributed by atoms with Crippen molar-refractivity contribution in [1.29, 1.82) is 0 Å². The van der Waals surface area contributed by atoms with Crippen LogP contribution in [0.25, 0.3) is 0 Å². The van der Waals surface area contributed by atoms with Crippen molar-refractivity contribution in [3.8, 4) is 11.5 Å². The molecule has 6 nitrogen and oxygen atoms in total. The van der Waals surface area contributed by atoms with Crippen LogP contribution in [0.1, 0.15) is 43.0 Å². The van der Waals surface area contributed by atoms with Crippen molar-refractivity contribution in [2.24, 2.45) is 0 Å². The van der Waals surface area contributed by atoms with E-state index in [1.54, 1.807) is 24.3 Å². The number of rotatable bonds is 0. The summed E-state index contributed by atoms with van der Waals surface area (Å²) in [4.78, 5) is 25.9. The van der Waals surface area contributed by atoms with E-state index in [1.165, 1.54) is 0 Å². The van der Waals surface area contributed by atoms with Crippen molar-refractivity contribution in [2.75, 3.05) is 0 Å². The van der Waals surface area contributed by atoms with Crippen molar-refractivity contribution in [1.82, 2.24) is 10.6 Å². The highest BCUT2D eigenvalue weighted by Gasteiger charge is 2.14. The minimum atomic E-state index is -0.211. The molecule has 1 aliphatic heterocycles. The fourth-order valence-electron chi connectivity index (χ4n) is 4.10. The molecule has 0 spiro atoms. The Balaban J connectivity index is 1.45. The molecule has 4 aromatic carbocycles. The van der Waals surface area contributed by atoms with Crippen LogP contribution in [-0.4, -0.2) is 11.8 Å². The van der Waals surface area contributed by atoms with Crippen LogP contribution in [0.5, 0.6) is 11.5 Å². The second kappa shape index (κ2) is 10.8. The van der Waals surface area contributed by atoms with E-state index in [1.807, 2.05) is 72.8 Å². The van der Waals surface area contributed by atoms with Crippen molar-refractivity contribution in [3.63, 3.8) is 0 Å². The predicted octanol–water partition coefficient (Wildman–Crippen LogP) is 5.02. The summed E-state index contributed by atoms with van der Waals surface area (Å²) in [5.41, 5.74) is 4.72. The number of para-hydroxylation sites is 2. The zero-order valence-corrected chi connectivity index (χ0v) is 19.7. The van der Waals surface area contributed by atoms with Crippen molar-refractivity contribution in [2.45, 2.75) is 26.3 Å². The predicted molar refractivity (Wildman–Crippen MR) is 137 cm³/mol. The molecular formula is C30H26N2O4. The molecule has 4 bridgehead atoms. The molecule has 0 radical (unpaired) electrons. The molecule has 1 aliphatic rings. The van der Waals surface area contributed by atoms with Crippen molar-refractivity contribution in [3.05, 3.63) is 130 Å². The van der Waals surface area contributed by atoms with Gasteiger partial charge >= 0.3 is 0 Å². The number of carbonyl (C=O) groups excluding carboxylic acids is 2. The van der Waals surface area contributed by atoms with Gasteiger partial charge in [-0.3, -0.25) is 9.59 Å². The summed E-state index contributed by atoms with van der Waals surface area (Å²) in [7, 11) is 0. The zero-order chi connectivity index (χ0) is 24.7. The smallest absolute Gasteiger partial charge is 0.255 e. The molecule has 0 unspecified atom stereocenters. The highest BCUT2D eigenvalue weighted by molar-refractivity contribution is 5.97. The molecule has 0 saturated carbocycles. The van der Waals surface area contributed by atoms with E-state index < -0.39 is 0 Å². The van der Waals surface area contributed by atoms with Gasteiger partial charge in [-0.2, -0.15) is 0 Å². The van der Waals surface area contributed by atoms with E-state index >= 15 is 0 Å². The van der Waals surface area contributed by atoms with Gasteiger partial charge in [0.15, 0.2) is 0 Å². The molecule has 6 heteroatoms. The van der Waals surface area contributed by atoms with Crippen LogP contribution in [0.15, 0.2) is 97.1 Å². The first kappa shape index (κ1) is 23.2. The molecule has 2 N–H and O–H groups in total. The van der Waals surface area contributed by atoms with Crippen molar-refractivity contribution >= 4 is 11.8 Å². The molecule has 180 valence electrons. The van der Waals surface area contributed by atoms with Gasteiger partial charge in [0.05, 0.1) is 11.1 Å². The Hall–Kier alpha value is -4.58. The lowest BCUT2D eigenvalue weighted by atomic mass is 10.1. The van der Waals surface area contributed by atoms with Crippen LogP contribution >= 0.6 is 0 Å². The van der Waals surface area contributed by atoms with Crippen LogP contribution in [-0.2, 0) is 26.3 Å². The summed E-state index contributed by atoms with van der Waals surface area (Å²) in [5.74, 6) is 0.628. The van der Waals surface area contributed by atoms with E-state index in [-0.39, 0.29) is 11.8 Å². The lowest BCUT2D eigenvalue weighted by Gasteiger charge is -2.15. The van der Waals surface area contributed by atoms with E-state index in [0.29, 0.717) is 48.9 Å². The summed E-state index contributed by atoms with van der Waals surface area (Å²) < 4.78 is 12.1. The summed E-state index contributed by atoms with van der Waals surface area (Å²) in [6.07, 6.45) is 0. The second-order valence-corrected chi connectivity index (χ2v) is 8.57. The van der Waals surface area contributed by atoms with E-state index in [2.05, 4.69) is 10.6 Å². The summed E-state index contributed by atoms with van der Waals surface area (Å²) in [6.45, 7) is 1.32. The van der Waals surface area contributed by atoms with E-state index in [9.17, 15) is 9.59 Å². The van der Waals surface area contributed by atoms with Gasteiger partial charge < -0.3 is 20.1 Å². The van der Waals surface area contributed by atoms with Gasteiger partial charge in [-0.1, -0.05) is 66.7 Å². The topological polar surface area (TPSA) is 76.7 Å². The van der Waals surface area contributed by atoms with Crippen molar-refractivity contribution < 1.29 is 19.1 Å². The molecule has 4 aromatic rings. The number of ether oxygens (including phenoxy) is 2. The minimum absolute atomic E-state index is 0.211. The molecule has 0 fully saturated rings. The third-order valence-corrected chi connectivity index (χ3v) is 5.94. The summed E-state index contributed by atoms with van der Waals surface area (Å²) in [6, 6.07) is 30.1. The highest BCUT2D eigenvalue weighted by atomic mass is 16.5. The first-order valence-electron chi connectivity index (χ1n) is 11.8. The molecule has 1 heterocycles. The maximum atomic E-state index is 12.9. The maximum absolute atomic E-state index is 12.9. The molecule has 0 saturated heterocycles. The number of hydrogen-bond acceptors (Lipinski definition) is 4. The average molecular weight is 479 g/mol. The fraction of sp³-hybridized carbons (Fsp3) is 0.133. The Morgan fingerprint density at radius 1 is 0.500 bits per heavy atom. The zero-order valence-electron chi connectivity index (χ0n) is 19.7. The number of benzene rings is 4.